The van der Waals surface area contributed by atoms with Gasteiger partial charge in [0.05, 0.1) is 0 Å². The zero-order chi connectivity index (χ0) is 17.2. The van der Waals surface area contributed by atoms with Crippen LogP contribution < -0.4 is 16.1 Å². The van der Waals surface area contributed by atoms with E-state index >= 15 is 0 Å². The molecule has 2 nitrogen and oxygen atoms in total. The molecule has 0 heterocycles. The zero-order valence-electron chi connectivity index (χ0n) is 15.0. The molecule has 0 aliphatic heterocycles. The summed E-state index contributed by atoms with van der Waals surface area (Å²) in [6.07, 6.45) is 2.19. The van der Waals surface area contributed by atoms with E-state index < -0.39 is 8.32 Å². The summed E-state index contributed by atoms with van der Waals surface area (Å²) in [7, 11) is -2.36. The predicted molar refractivity (Wildman–Crippen MR) is 104 cm³/mol. The van der Waals surface area contributed by atoms with E-state index in [1.807, 2.05) is 0 Å². The summed E-state index contributed by atoms with van der Waals surface area (Å²) >= 11 is 0. The molecule has 0 spiro atoms. The second-order valence-corrected chi connectivity index (χ2v) is 12.4. The Labute approximate surface area is 147 Å². The van der Waals surface area contributed by atoms with E-state index in [4.69, 9.17) is 10.2 Å². The topological polar surface area (TPSA) is 35.2 Å². The standard InChI is InChI=1S/C21H29NOSi/c1-21(2,3)24(19-10-6-4-7-11-19,20-12-8-5-9-13-20)23-16-17-14-18(22)15-17/h4-13,17-18H,14-16,22H2,1-3H3/t17-,18+. The Morgan fingerprint density at radius 3 is 1.75 bits per heavy atom. The van der Waals surface area contributed by atoms with Gasteiger partial charge in [-0.1, -0.05) is 81.4 Å². The van der Waals surface area contributed by atoms with E-state index in [9.17, 15) is 0 Å². The molecule has 0 bridgehead atoms. The molecule has 1 fully saturated rings. The Bertz CT molecular complexity index is 605. The molecule has 0 aromatic heterocycles. The lowest BCUT2D eigenvalue weighted by molar-refractivity contribution is 0.152. The fourth-order valence-electron chi connectivity index (χ4n) is 3.93. The first-order valence-electron chi connectivity index (χ1n) is 8.94. The van der Waals surface area contributed by atoms with Crippen LogP contribution in [-0.2, 0) is 4.43 Å². The van der Waals surface area contributed by atoms with Gasteiger partial charge in [0.15, 0.2) is 0 Å². The van der Waals surface area contributed by atoms with Crippen molar-refractivity contribution in [3.8, 4) is 0 Å². The van der Waals surface area contributed by atoms with Gasteiger partial charge in [0, 0.05) is 12.6 Å². The smallest absolute Gasteiger partial charge is 0.261 e. The highest BCUT2D eigenvalue weighted by Gasteiger charge is 2.50. The van der Waals surface area contributed by atoms with Crippen LogP contribution >= 0.6 is 0 Å². The van der Waals surface area contributed by atoms with Crippen molar-refractivity contribution in [2.24, 2.45) is 11.7 Å². The summed E-state index contributed by atoms with van der Waals surface area (Å²) in [6, 6.07) is 22.1. The summed E-state index contributed by atoms with van der Waals surface area (Å²) in [5, 5.41) is 2.77. The van der Waals surface area contributed by atoms with Crippen molar-refractivity contribution in [3.05, 3.63) is 60.7 Å². The minimum absolute atomic E-state index is 0.0571. The maximum atomic E-state index is 6.90. The van der Waals surface area contributed by atoms with Crippen molar-refractivity contribution in [2.75, 3.05) is 6.61 Å². The van der Waals surface area contributed by atoms with Crippen molar-refractivity contribution < 1.29 is 4.43 Å². The molecular formula is C21H29NOSi. The highest BCUT2D eigenvalue weighted by atomic mass is 28.4. The van der Waals surface area contributed by atoms with Crippen LogP contribution in [0.3, 0.4) is 0 Å². The number of benzene rings is 2. The van der Waals surface area contributed by atoms with Crippen LogP contribution in [0.4, 0.5) is 0 Å². The average molecular weight is 340 g/mol. The summed E-state index contributed by atoms with van der Waals surface area (Å²) in [5.74, 6) is 0.613. The van der Waals surface area contributed by atoms with E-state index in [-0.39, 0.29) is 5.04 Å². The molecule has 1 saturated carbocycles. The van der Waals surface area contributed by atoms with Crippen molar-refractivity contribution in [2.45, 2.75) is 44.7 Å². The molecule has 24 heavy (non-hydrogen) atoms. The molecule has 128 valence electrons. The normalized spacial score (nSPS) is 21.3. The molecule has 2 N–H and O–H groups in total. The van der Waals surface area contributed by atoms with Crippen molar-refractivity contribution >= 4 is 18.7 Å². The number of nitrogens with two attached hydrogens (primary N) is 1. The van der Waals surface area contributed by atoms with Gasteiger partial charge in [0.1, 0.15) is 0 Å². The summed E-state index contributed by atoms with van der Waals surface area (Å²) < 4.78 is 6.90. The number of hydrogen-bond donors (Lipinski definition) is 1. The fourth-order valence-corrected chi connectivity index (χ4v) is 8.57. The molecule has 2 aromatic carbocycles. The molecule has 0 unspecified atom stereocenters. The van der Waals surface area contributed by atoms with E-state index in [0.717, 1.165) is 19.4 Å². The molecule has 0 amide bonds. The predicted octanol–water partition coefficient (Wildman–Crippen LogP) is 3.30. The van der Waals surface area contributed by atoms with Crippen LogP contribution in [-0.4, -0.2) is 21.0 Å². The van der Waals surface area contributed by atoms with Gasteiger partial charge in [-0.25, -0.2) is 0 Å². The highest BCUT2D eigenvalue weighted by molar-refractivity contribution is 6.99. The first-order chi connectivity index (χ1) is 11.4. The monoisotopic (exact) mass is 339 g/mol. The second kappa shape index (κ2) is 6.83. The van der Waals surface area contributed by atoms with Crippen LogP contribution in [0.25, 0.3) is 0 Å². The quantitative estimate of drug-likeness (QED) is 0.848. The average Bonchev–Trinajstić information content (AvgIpc) is 2.54. The largest absolute Gasteiger partial charge is 0.407 e. The molecule has 0 saturated heterocycles. The Kier molecular flexibility index (Phi) is 4.95. The Hall–Kier alpha value is -1.42. The van der Waals surface area contributed by atoms with Gasteiger partial charge in [-0.3, -0.25) is 0 Å². The second-order valence-electron chi connectivity index (χ2n) is 8.07. The maximum absolute atomic E-state index is 6.90. The van der Waals surface area contributed by atoms with Crippen LogP contribution in [0.5, 0.6) is 0 Å². The summed E-state index contributed by atoms with van der Waals surface area (Å²) in [5.41, 5.74) is 5.97. The Morgan fingerprint density at radius 2 is 1.38 bits per heavy atom. The van der Waals surface area contributed by atoms with E-state index in [0.29, 0.717) is 12.0 Å². The van der Waals surface area contributed by atoms with Crippen LogP contribution in [0.15, 0.2) is 60.7 Å². The van der Waals surface area contributed by atoms with E-state index in [2.05, 4.69) is 81.4 Å². The minimum Gasteiger partial charge on any atom is -0.407 e. The van der Waals surface area contributed by atoms with Crippen molar-refractivity contribution in [1.82, 2.24) is 0 Å². The third-order valence-electron chi connectivity index (χ3n) is 5.22. The van der Waals surface area contributed by atoms with Gasteiger partial charge in [0.25, 0.3) is 8.32 Å². The van der Waals surface area contributed by atoms with Crippen molar-refractivity contribution in [1.29, 1.82) is 0 Å². The Balaban J connectivity index is 2.03. The van der Waals surface area contributed by atoms with Crippen LogP contribution in [0.1, 0.15) is 33.6 Å². The third kappa shape index (κ3) is 3.21. The van der Waals surface area contributed by atoms with Gasteiger partial charge in [-0.05, 0) is 34.2 Å². The molecule has 1 aliphatic rings. The maximum Gasteiger partial charge on any atom is 0.261 e. The van der Waals surface area contributed by atoms with Gasteiger partial charge >= 0.3 is 0 Å². The molecular weight excluding hydrogens is 310 g/mol. The van der Waals surface area contributed by atoms with Crippen LogP contribution in [0.2, 0.25) is 5.04 Å². The first kappa shape index (κ1) is 17.4. The van der Waals surface area contributed by atoms with E-state index in [1.165, 1.54) is 10.4 Å². The highest BCUT2D eigenvalue weighted by Crippen LogP contribution is 2.38. The molecule has 2 aromatic rings. The van der Waals surface area contributed by atoms with Gasteiger partial charge < -0.3 is 10.2 Å². The van der Waals surface area contributed by atoms with Gasteiger partial charge in [0.2, 0.25) is 0 Å². The lowest BCUT2D eigenvalue weighted by Crippen LogP contribution is -2.67. The Morgan fingerprint density at radius 1 is 0.917 bits per heavy atom. The lowest BCUT2D eigenvalue weighted by atomic mass is 9.82. The third-order valence-corrected chi connectivity index (χ3v) is 10.2. The zero-order valence-corrected chi connectivity index (χ0v) is 16.0. The number of rotatable bonds is 5. The summed E-state index contributed by atoms with van der Waals surface area (Å²) in [4.78, 5) is 0. The molecule has 3 rings (SSSR count). The van der Waals surface area contributed by atoms with Crippen LogP contribution in [0, 0.1) is 5.92 Å². The number of hydrogen-bond acceptors (Lipinski definition) is 2. The molecule has 0 atom stereocenters. The molecule has 3 heteroatoms. The van der Waals surface area contributed by atoms with E-state index in [1.54, 1.807) is 0 Å². The van der Waals surface area contributed by atoms with Gasteiger partial charge in [-0.2, -0.15) is 0 Å². The van der Waals surface area contributed by atoms with Gasteiger partial charge in [-0.15, -0.1) is 0 Å². The lowest BCUT2D eigenvalue weighted by Gasteiger charge is -2.45. The minimum atomic E-state index is -2.36. The molecule has 0 radical (unpaired) electrons. The fraction of sp³-hybridized carbons (Fsp3) is 0.429. The summed E-state index contributed by atoms with van der Waals surface area (Å²) in [6.45, 7) is 7.80. The molecule has 1 aliphatic carbocycles. The first-order valence-corrected chi connectivity index (χ1v) is 10.8. The van der Waals surface area contributed by atoms with Crippen molar-refractivity contribution in [3.63, 3.8) is 0 Å². The SMILES string of the molecule is CC(C)(C)[Si](OC[C@H]1C[C@@H](N)C1)(c1ccccc1)c1ccccc1.